The van der Waals surface area contributed by atoms with E-state index in [2.05, 4.69) is 24.1 Å². The second-order valence-corrected chi connectivity index (χ2v) is 5.66. The highest BCUT2D eigenvalue weighted by atomic mass is 16.2. The minimum atomic E-state index is 0.254. The maximum atomic E-state index is 11.9. The summed E-state index contributed by atoms with van der Waals surface area (Å²) < 4.78 is 0. The molecule has 0 aromatic heterocycles. The van der Waals surface area contributed by atoms with Gasteiger partial charge in [-0.05, 0) is 18.8 Å². The van der Waals surface area contributed by atoms with Crippen LogP contribution in [-0.4, -0.2) is 61.0 Å². The van der Waals surface area contributed by atoms with Gasteiger partial charge in [-0.25, -0.2) is 0 Å². The van der Waals surface area contributed by atoms with Crippen LogP contribution in [0.3, 0.4) is 0 Å². The molecule has 0 aromatic rings. The Morgan fingerprint density at radius 2 is 1.88 bits per heavy atom. The number of nitrogens with one attached hydrogen (secondary N) is 1. The molecule has 0 unspecified atom stereocenters. The lowest BCUT2D eigenvalue weighted by Crippen LogP contribution is -2.51. The van der Waals surface area contributed by atoms with Gasteiger partial charge in [0.15, 0.2) is 0 Å². The summed E-state index contributed by atoms with van der Waals surface area (Å²) >= 11 is 0. The third-order valence-corrected chi connectivity index (χ3v) is 3.60. The number of carbonyl (C=O) groups is 1. The summed E-state index contributed by atoms with van der Waals surface area (Å²) in [4.78, 5) is 16.4. The van der Waals surface area contributed by atoms with E-state index in [1.807, 2.05) is 4.90 Å². The Hall–Kier alpha value is -0.610. The molecular weight excluding hydrogens is 214 g/mol. The third kappa shape index (κ3) is 4.28. The number of amides is 1. The summed E-state index contributed by atoms with van der Waals surface area (Å²) in [6.45, 7) is 9.82. The molecule has 2 aliphatic rings. The fourth-order valence-electron chi connectivity index (χ4n) is 2.25. The number of nitrogens with zero attached hydrogens (tertiary/aromatic N) is 2. The molecule has 1 amide bonds. The summed E-state index contributed by atoms with van der Waals surface area (Å²) in [5.41, 5.74) is 0. The predicted molar refractivity (Wildman–Crippen MR) is 68.9 cm³/mol. The van der Waals surface area contributed by atoms with Crippen LogP contribution in [0.15, 0.2) is 0 Å². The molecule has 1 heterocycles. The monoisotopic (exact) mass is 239 g/mol. The Labute approximate surface area is 104 Å². The fraction of sp³-hybridized carbons (Fsp3) is 0.923. The predicted octanol–water partition coefficient (Wildman–Crippen LogP) is 0.539. The van der Waals surface area contributed by atoms with Gasteiger partial charge < -0.3 is 10.2 Å². The van der Waals surface area contributed by atoms with Crippen LogP contribution in [0.2, 0.25) is 0 Å². The average Bonchev–Trinajstić information content (AvgIpc) is 3.11. The van der Waals surface area contributed by atoms with E-state index in [9.17, 15) is 4.79 Å². The highest BCUT2D eigenvalue weighted by molar-refractivity contribution is 5.78. The highest BCUT2D eigenvalue weighted by Crippen LogP contribution is 2.29. The Morgan fingerprint density at radius 1 is 1.24 bits per heavy atom. The highest BCUT2D eigenvalue weighted by Gasteiger charge is 2.27. The van der Waals surface area contributed by atoms with Crippen LogP contribution in [0.4, 0.5) is 0 Å². The van der Waals surface area contributed by atoms with Crippen molar-refractivity contribution in [2.45, 2.75) is 32.7 Å². The normalized spacial score (nSPS) is 22.2. The van der Waals surface area contributed by atoms with Gasteiger partial charge in [0.2, 0.25) is 5.91 Å². The molecule has 17 heavy (non-hydrogen) atoms. The van der Waals surface area contributed by atoms with Crippen LogP contribution in [0.1, 0.15) is 26.7 Å². The third-order valence-electron chi connectivity index (χ3n) is 3.60. The first kappa shape index (κ1) is 12.8. The largest absolute Gasteiger partial charge is 0.339 e. The molecule has 1 N–H and O–H groups in total. The van der Waals surface area contributed by atoms with Gasteiger partial charge in [0, 0.05) is 38.8 Å². The van der Waals surface area contributed by atoms with Gasteiger partial charge in [-0.15, -0.1) is 0 Å². The van der Waals surface area contributed by atoms with Gasteiger partial charge in [-0.2, -0.15) is 0 Å². The van der Waals surface area contributed by atoms with Crippen molar-refractivity contribution in [3.8, 4) is 0 Å². The minimum Gasteiger partial charge on any atom is -0.339 e. The Bertz CT molecular complexity index is 255. The fourth-order valence-corrected chi connectivity index (χ4v) is 2.25. The second kappa shape index (κ2) is 5.83. The van der Waals surface area contributed by atoms with E-state index in [1.165, 1.54) is 19.4 Å². The average molecular weight is 239 g/mol. The van der Waals surface area contributed by atoms with Crippen LogP contribution >= 0.6 is 0 Å². The van der Waals surface area contributed by atoms with Crippen LogP contribution in [-0.2, 0) is 4.79 Å². The number of carbonyl (C=O) groups excluding carboxylic acids is 1. The van der Waals surface area contributed by atoms with Crippen molar-refractivity contribution in [3.63, 3.8) is 0 Å². The molecule has 0 aromatic carbocycles. The topological polar surface area (TPSA) is 35.6 Å². The van der Waals surface area contributed by atoms with E-state index >= 15 is 0 Å². The van der Waals surface area contributed by atoms with Crippen LogP contribution in [0.5, 0.6) is 0 Å². The number of hydrogen-bond donors (Lipinski definition) is 1. The summed E-state index contributed by atoms with van der Waals surface area (Å²) in [5, 5.41) is 3.19. The van der Waals surface area contributed by atoms with Crippen molar-refractivity contribution in [2.75, 3.05) is 39.3 Å². The lowest BCUT2D eigenvalue weighted by molar-refractivity contribution is -0.132. The Morgan fingerprint density at radius 3 is 2.41 bits per heavy atom. The van der Waals surface area contributed by atoms with Gasteiger partial charge in [0.1, 0.15) is 0 Å². The summed E-state index contributed by atoms with van der Waals surface area (Å²) in [6.07, 6.45) is 2.83. The van der Waals surface area contributed by atoms with Crippen molar-refractivity contribution >= 4 is 5.91 Å². The van der Waals surface area contributed by atoms with Gasteiger partial charge in [0.25, 0.3) is 0 Å². The molecule has 0 bridgehead atoms. The SMILES string of the molecule is CC(C)NCC(=O)N1CCN(CC2CC2)CC1. The standard InChI is InChI=1S/C13H25N3O/c1-11(2)14-9-13(17)16-7-5-15(6-8-16)10-12-3-4-12/h11-12,14H,3-10H2,1-2H3. The van der Waals surface area contributed by atoms with Crippen molar-refractivity contribution in [1.82, 2.24) is 15.1 Å². The number of piperazine rings is 1. The maximum Gasteiger partial charge on any atom is 0.236 e. The van der Waals surface area contributed by atoms with Crippen LogP contribution in [0, 0.1) is 5.92 Å². The van der Waals surface area contributed by atoms with Gasteiger partial charge >= 0.3 is 0 Å². The zero-order valence-corrected chi connectivity index (χ0v) is 11.1. The Balaban J connectivity index is 1.64. The zero-order chi connectivity index (χ0) is 12.3. The molecular formula is C13H25N3O. The molecule has 1 saturated carbocycles. The van der Waals surface area contributed by atoms with Crippen molar-refractivity contribution in [2.24, 2.45) is 5.92 Å². The minimum absolute atomic E-state index is 0.254. The van der Waals surface area contributed by atoms with E-state index in [0.717, 1.165) is 32.1 Å². The second-order valence-electron chi connectivity index (χ2n) is 5.66. The van der Waals surface area contributed by atoms with Gasteiger partial charge in [0.05, 0.1) is 6.54 Å². The van der Waals surface area contributed by atoms with Gasteiger partial charge in [-0.1, -0.05) is 13.8 Å². The molecule has 1 aliphatic carbocycles. The van der Waals surface area contributed by atoms with E-state index in [-0.39, 0.29) is 5.91 Å². The van der Waals surface area contributed by atoms with E-state index in [1.54, 1.807) is 0 Å². The molecule has 1 aliphatic heterocycles. The first-order chi connectivity index (χ1) is 8.15. The lowest BCUT2D eigenvalue weighted by atomic mass is 10.2. The van der Waals surface area contributed by atoms with Crippen LogP contribution < -0.4 is 5.32 Å². The number of rotatable bonds is 5. The first-order valence-electron chi connectivity index (χ1n) is 6.88. The van der Waals surface area contributed by atoms with Crippen molar-refractivity contribution in [1.29, 1.82) is 0 Å². The zero-order valence-electron chi connectivity index (χ0n) is 11.1. The molecule has 2 rings (SSSR count). The van der Waals surface area contributed by atoms with E-state index < -0.39 is 0 Å². The lowest BCUT2D eigenvalue weighted by Gasteiger charge is -2.35. The van der Waals surface area contributed by atoms with Gasteiger partial charge in [-0.3, -0.25) is 9.69 Å². The molecule has 0 atom stereocenters. The number of hydrogen-bond acceptors (Lipinski definition) is 3. The molecule has 0 spiro atoms. The molecule has 0 radical (unpaired) electrons. The van der Waals surface area contributed by atoms with Crippen molar-refractivity contribution < 1.29 is 4.79 Å². The maximum absolute atomic E-state index is 11.9. The molecule has 4 heteroatoms. The molecule has 2 fully saturated rings. The Kier molecular flexibility index (Phi) is 4.40. The van der Waals surface area contributed by atoms with Crippen LogP contribution in [0.25, 0.3) is 0 Å². The first-order valence-corrected chi connectivity index (χ1v) is 6.88. The molecule has 4 nitrogen and oxygen atoms in total. The summed E-state index contributed by atoms with van der Waals surface area (Å²) in [7, 11) is 0. The van der Waals surface area contributed by atoms with E-state index in [0.29, 0.717) is 12.6 Å². The summed E-state index contributed by atoms with van der Waals surface area (Å²) in [6, 6.07) is 0.384. The quantitative estimate of drug-likeness (QED) is 0.760. The van der Waals surface area contributed by atoms with Crippen molar-refractivity contribution in [3.05, 3.63) is 0 Å². The summed E-state index contributed by atoms with van der Waals surface area (Å²) in [5.74, 6) is 1.21. The molecule has 1 saturated heterocycles. The molecule has 98 valence electrons. The van der Waals surface area contributed by atoms with E-state index in [4.69, 9.17) is 0 Å². The smallest absolute Gasteiger partial charge is 0.236 e.